The van der Waals surface area contributed by atoms with Crippen LogP contribution in [0.4, 0.5) is 10.5 Å². The Balaban J connectivity index is 1.60. The molecule has 0 aromatic heterocycles. The van der Waals surface area contributed by atoms with E-state index in [4.69, 9.17) is 27.9 Å². The van der Waals surface area contributed by atoms with Crippen LogP contribution < -0.4 is 15.0 Å². The summed E-state index contributed by atoms with van der Waals surface area (Å²) in [4.78, 5) is 38.7. The molecule has 1 aliphatic heterocycles. The highest BCUT2D eigenvalue weighted by Crippen LogP contribution is 2.36. The fourth-order valence-electron chi connectivity index (χ4n) is 3.39. The molecule has 0 unspecified atom stereocenters. The summed E-state index contributed by atoms with van der Waals surface area (Å²) < 4.78 is 5.80. The quantitative estimate of drug-likeness (QED) is 0.356. The molecule has 3 aromatic rings. The molecule has 1 fully saturated rings. The molecule has 4 rings (SSSR count). The van der Waals surface area contributed by atoms with Crippen LogP contribution in [-0.4, -0.2) is 17.8 Å². The van der Waals surface area contributed by atoms with Crippen LogP contribution in [0.25, 0.3) is 6.08 Å². The summed E-state index contributed by atoms with van der Waals surface area (Å²) in [5.74, 6) is -1.25. The second kappa shape index (κ2) is 9.71. The molecule has 6 nitrogen and oxygen atoms in total. The molecule has 1 N–H and O–H groups in total. The number of carbonyl (C=O) groups is 3. The Labute approximate surface area is 206 Å². The lowest BCUT2D eigenvalue weighted by atomic mass is 10.1. The van der Waals surface area contributed by atoms with Crippen molar-refractivity contribution in [2.45, 2.75) is 20.5 Å². The number of hydrogen-bond acceptors (Lipinski definition) is 4. The number of barbiturate groups is 1. The first-order valence-electron chi connectivity index (χ1n) is 10.4. The molecule has 0 bridgehead atoms. The van der Waals surface area contributed by atoms with E-state index in [2.05, 4.69) is 5.32 Å². The van der Waals surface area contributed by atoms with Crippen LogP contribution in [-0.2, 0) is 16.2 Å². The lowest BCUT2D eigenvalue weighted by Crippen LogP contribution is -2.54. The summed E-state index contributed by atoms with van der Waals surface area (Å²) >= 11 is 12.8. The minimum Gasteiger partial charge on any atom is -0.486 e. The van der Waals surface area contributed by atoms with Gasteiger partial charge < -0.3 is 4.74 Å². The summed E-state index contributed by atoms with van der Waals surface area (Å²) in [5.41, 5.74) is 3.60. The van der Waals surface area contributed by atoms with Gasteiger partial charge in [-0.3, -0.25) is 14.9 Å². The summed E-state index contributed by atoms with van der Waals surface area (Å²) in [6, 6.07) is 16.9. The molecular weight excluding hydrogens is 475 g/mol. The van der Waals surface area contributed by atoms with E-state index in [9.17, 15) is 14.4 Å². The predicted octanol–water partition coefficient (Wildman–Crippen LogP) is 5.86. The number of halogens is 2. The van der Waals surface area contributed by atoms with Crippen molar-refractivity contribution in [3.63, 3.8) is 0 Å². The topological polar surface area (TPSA) is 75.7 Å². The van der Waals surface area contributed by atoms with E-state index in [0.29, 0.717) is 17.0 Å². The van der Waals surface area contributed by atoms with Crippen molar-refractivity contribution < 1.29 is 19.1 Å². The van der Waals surface area contributed by atoms with E-state index in [-0.39, 0.29) is 22.2 Å². The molecule has 1 saturated heterocycles. The fourth-order valence-corrected chi connectivity index (χ4v) is 4.01. The van der Waals surface area contributed by atoms with Crippen molar-refractivity contribution in [3.05, 3.63) is 98.5 Å². The molecular formula is C26H20Cl2N2O4. The van der Waals surface area contributed by atoms with E-state index in [1.807, 2.05) is 38.1 Å². The van der Waals surface area contributed by atoms with Crippen LogP contribution in [0.2, 0.25) is 10.0 Å². The smallest absolute Gasteiger partial charge is 0.335 e. The molecule has 0 saturated carbocycles. The molecule has 1 aliphatic rings. The maximum Gasteiger partial charge on any atom is 0.335 e. The fraction of sp³-hybridized carbons (Fsp3) is 0.115. The summed E-state index contributed by atoms with van der Waals surface area (Å²) in [6.07, 6.45) is 1.34. The van der Waals surface area contributed by atoms with Gasteiger partial charge in [0.25, 0.3) is 11.8 Å². The van der Waals surface area contributed by atoms with Gasteiger partial charge in [-0.05, 0) is 55.3 Å². The van der Waals surface area contributed by atoms with Gasteiger partial charge in [-0.2, -0.15) is 0 Å². The SMILES string of the molecule is Cc1ccc(COc2c(Cl)cc(/C=C3\C(=O)NC(=O)N(c4ccc(C)cc4)C3=O)cc2Cl)cc1. The lowest BCUT2D eigenvalue weighted by Gasteiger charge is -2.26. The summed E-state index contributed by atoms with van der Waals surface area (Å²) in [5, 5.41) is 2.64. The Morgan fingerprint density at radius 2 is 1.44 bits per heavy atom. The first kappa shape index (κ1) is 23.5. The Bertz CT molecular complexity index is 1290. The van der Waals surface area contributed by atoms with Gasteiger partial charge in [0.1, 0.15) is 12.2 Å². The highest BCUT2D eigenvalue weighted by atomic mass is 35.5. The Morgan fingerprint density at radius 1 is 0.882 bits per heavy atom. The van der Waals surface area contributed by atoms with Crippen LogP contribution in [0, 0.1) is 13.8 Å². The number of rotatable bonds is 5. The lowest BCUT2D eigenvalue weighted by molar-refractivity contribution is -0.122. The van der Waals surface area contributed by atoms with Crippen LogP contribution >= 0.6 is 23.2 Å². The van der Waals surface area contributed by atoms with Crippen LogP contribution in [0.1, 0.15) is 22.3 Å². The molecule has 1 heterocycles. The highest BCUT2D eigenvalue weighted by molar-refractivity contribution is 6.40. The molecule has 4 amide bonds. The number of benzene rings is 3. The van der Waals surface area contributed by atoms with Crippen LogP contribution in [0.15, 0.2) is 66.2 Å². The largest absolute Gasteiger partial charge is 0.486 e. The van der Waals surface area contributed by atoms with Crippen molar-refractivity contribution in [2.75, 3.05) is 4.90 Å². The zero-order chi connectivity index (χ0) is 24.4. The minimum absolute atomic E-state index is 0.222. The number of urea groups is 1. The number of aryl methyl sites for hydroxylation is 2. The number of nitrogens with zero attached hydrogens (tertiary/aromatic N) is 1. The van der Waals surface area contributed by atoms with Crippen molar-refractivity contribution in [2.24, 2.45) is 0 Å². The zero-order valence-corrected chi connectivity index (χ0v) is 19.9. The molecule has 0 radical (unpaired) electrons. The van der Waals surface area contributed by atoms with E-state index < -0.39 is 17.8 Å². The second-order valence-electron chi connectivity index (χ2n) is 7.88. The van der Waals surface area contributed by atoms with Crippen LogP contribution in [0.5, 0.6) is 5.75 Å². The first-order chi connectivity index (χ1) is 16.2. The summed E-state index contributed by atoms with van der Waals surface area (Å²) in [7, 11) is 0. The Hall–Kier alpha value is -3.61. The molecule has 34 heavy (non-hydrogen) atoms. The molecule has 8 heteroatoms. The summed E-state index contributed by atoms with van der Waals surface area (Å²) in [6.45, 7) is 4.16. The monoisotopic (exact) mass is 494 g/mol. The average molecular weight is 495 g/mol. The van der Waals surface area contributed by atoms with E-state index in [0.717, 1.165) is 21.6 Å². The Kier molecular flexibility index (Phi) is 6.72. The van der Waals surface area contributed by atoms with Crippen molar-refractivity contribution in [1.82, 2.24) is 5.32 Å². The third-order valence-corrected chi connectivity index (χ3v) is 5.79. The molecule has 0 aliphatic carbocycles. The Morgan fingerprint density at radius 3 is 2.03 bits per heavy atom. The number of carbonyl (C=O) groups excluding carboxylic acids is 3. The van der Waals surface area contributed by atoms with Gasteiger partial charge >= 0.3 is 6.03 Å². The van der Waals surface area contributed by atoms with Gasteiger partial charge in [0, 0.05) is 0 Å². The van der Waals surface area contributed by atoms with Crippen LogP contribution in [0.3, 0.4) is 0 Å². The number of anilines is 1. The molecule has 0 spiro atoms. The predicted molar refractivity (Wildman–Crippen MR) is 132 cm³/mol. The van der Waals surface area contributed by atoms with Gasteiger partial charge in [0.15, 0.2) is 5.75 Å². The second-order valence-corrected chi connectivity index (χ2v) is 8.70. The molecule has 0 atom stereocenters. The number of amides is 4. The number of hydrogen-bond donors (Lipinski definition) is 1. The highest BCUT2D eigenvalue weighted by Gasteiger charge is 2.36. The van der Waals surface area contributed by atoms with E-state index in [1.165, 1.54) is 18.2 Å². The normalized spacial score (nSPS) is 15.0. The number of nitrogens with one attached hydrogen (secondary N) is 1. The maximum atomic E-state index is 13.0. The number of imide groups is 2. The number of ether oxygens (including phenoxy) is 1. The van der Waals surface area contributed by atoms with E-state index >= 15 is 0 Å². The minimum atomic E-state index is -0.813. The average Bonchev–Trinajstić information content (AvgIpc) is 2.78. The van der Waals surface area contributed by atoms with Gasteiger partial charge in [-0.25, -0.2) is 9.69 Å². The van der Waals surface area contributed by atoms with Crippen molar-refractivity contribution in [1.29, 1.82) is 0 Å². The van der Waals surface area contributed by atoms with Gasteiger partial charge in [0.2, 0.25) is 0 Å². The first-order valence-corrected chi connectivity index (χ1v) is 11.1. The van der Waals surface area contributed by atoms with Gasteiger partial charge in [0.05, 0.1) is 15.7 Å². The van der Waals surface area contributed by atoms with Crippen molar-refractivity contribution in [3.8, 4) is 5.75 Å². The van der Waals surface area contributed by atoms with Crippen molar-refractivity contribution >= 4 is 52.8 Å². The molecule has 3 aromatic carbocycles. The van der Waals surface area contributed by atoms with Gasteiger partial charge in [-0.15, -0.1) is 0 Å². The zero-order valence-electron chi connectivity index (χ0n) is 18.4. The maximum absolute atomic E-state index is 13.0. The van der Waals surface area contributed by atoms with E-state index in [1.54, 1.807) is 24.3 Å². The third-order valence-electron chi connectivity index (χ3n) is 5.23. The van der Waals surface area contributed by atoms with Gasteiger partial charge in [-0.1, -0.05) is 70.7 Å². The standard InChI is InChI=1S/C26H20Cl2N2O4/c1-15-3-7-17(8-4-15)14-34-23-21(27)12-18(13-22(23)28)11-20-24(31)29-26(33)30(25(20)32)19-9-5-16(2)6-10-19/h3-13H,14H2,1-2H3,(H,29,31,33)/b20-11+. The molecule has 172 valence electrons. The third kappa shape index (κ3) is 4.98.